The zero-order valence-electron chi connectivity index (χ0n) is 34.9. The second-order valence-corrected chi connectivity index (χ2v) is 16.1. The first-order chi connectivity index (χ1) is 31.8. The third-order valence-corrected chi connectivity index (χ3v) is 11.7. The molecule has 0 bridgehead atoms. The molecule has 4 aliphatic rings. The van der Waals surface area contributed by atoms with E-state index in [1.807, 2.05) is 0 Å². The van der Waals surface area contributed by atoms with Gasteiger partial charge in [0.15, 0.2) is 29.8 Å². The highest BCUT2D eigenvalue weighted by molar-refractivity contribution is 5.88. The van der Waals surface area contributed by atoms with Gasteiger partial charge in [0.05, 0.1) is 33.5 Å². The summed E-state index contributed by atoms with van der Waals surface area (Å²) in [6.07, 6.45) is -36.1. The summed E-state index contributed by atoms with van der Waals surface area (Å²) in [4.78, 5) is 14.3. The monoisotopic (exact) mass is 964 g/mol. The first kappa shape index (κ1) is 50.7. The molecule has 67 heavy (non-hydrogen) atoms. The van der Waals surface area contributed by atoms with E-state index in [4.69, 9.17) is 47.0 Å². The zero-order valence-corrected chi connectivity index (χ0v) is 34.9. The van der Waals surface area contributed by atoms with Crippen molar-refractivity contribution in [3.05, 3.63) is 40.6 Å². The molecule has 374 valence electrons. The number of phenols is 2. The number of rotatable bonds is 14. The second kappa shape index (κ2) is 20.8. The first-order valence-electron chi connectivity index (χ1n) is 20.6. The Labute approximate surface area is 376 Å². The van der Waals surface area contributed by atoms with Crippen molar-refractivity contribution in [2.24, 2.45) is 0 Å². The van der Waals surface area contributed by atoms with Crippen LogP contribution >= 0.6 is 0 Å². The first-order valence-corrected chi connectivity index (χ1v) is 20.6. The molecule has 1 aromatic heterocycles. The van der Waals surface area contributed by atoms with Crippen LogP contribution in [0.15, 0.2) is 39.5 Å². The minimum atomic E-state index is -2.14. The van der Waals surface area contributed by atoms with Crippen molar-refractivity contribution < 1.29 is 129 Å². The third-order valence-electron chi connectivity index (χ3n) is 11.7. The highest BCUT2D eigenvalue weighted by Gasteiger charge is 2.50. The van der Waals surface area contributed by atoms with Crippen LogP contribution in [0, 0.1) is 0 Å². The van der Waals surface area contributed by atoms with E-state index in [0.29, 0.717) is 0 Å². The van der Waals surface area contributed by atoms with Crippen molar-refractivity contribution in [2.45, 2.75) is 123 Å². The average molecular weight is 965 g/mol. The lowest BCUT2D eigenvalue weighted by atomic mass is 9.98. The number of fused-ring (bicyclic) bond motifs is 1. The van der Waals surface area contributed by atoms with Gasteiger partial charge >= 0.3 is 0 Å². The molecule has 4 fully saturated rings. The minimum Gasteiger partial charge on any atom is -0.507 e. The maximum atomic E-state index is 14.3. The van der Waals surface area contributed by atoms with E-state index in [-0.39, 0.29) is 22.8 Å². The molecule has 2 aromatic carbocycles. The third kappa shape index (κ3) is 10.00. The van der Waals surface area contributed by atoms with Crippen LogP contribution in [-0.4, -0.2) is 238 Å². The Hall–Kier alpha value is -4.15. The van der Waals surface area contributed by atoms with Crippen LogP contribution in [0.1, 0.15) is 0 Å². The summed E-state index contributed by atoms with van der Waals surface area (Å²) in [6.45, 7) is -3.09. The van der Waals surface area contributed by atoms with Crippen LogP contribution in [0.2, 0.25) is 0 Å². The summed E-state index contributed by atoms with van der Waals surface area (Å²) in [6, 6.07) is 5.56. The Bertz CT molecular complexity index is 2210. The Morgan fingerprint density at radius 2 is 0.970 bits per heavy atom. The van der Waals surface area contributed by atoms with Gasteiger partial charge < -0.3 is 129 Å². The summed E-state index contributed by atoms with van der Waals surface area (Å²) >= 11 is 0. The Balaban J connectivity index is 1.13. The molecule has 0 saturated carbocycles. The molecular formula is C40H52O27. The predicted molar refractivity (Wildman–Crippen MR) is 212 cm³/mol. The van der Waals surface area contributed by atoms with Gasteiger partial charge in [-0.25, -0.2) is 0 Å². The molecule has 5 heterocycles. The fourth-order valence-corrected chi connectivity index (χ4v) is 7.78. The van der Waals surface area contributed by atoms with Crippen molar-refractivity contribution in [3.63, 3.8) is 0 Å². The van der Waals surface area contributed by atoms with Crippen LogP contribution in [-0.2, 0) is 28.4 Å². The van der Waals surface area contributed by atoms with Crippen LogP contribution in [0.25, 0.3) is 22.3 Å². The number of methoxy groups -OCH3 is 1. The molecule has 0 radical (unpaired) electrons. The molecule has 27 heteroatoms. The molecule has 27 nitrogen and oxygen atoms in total. The highest BCUT2D eigenvalue weighted by Crippen LogP contribution is 2.41. The molecule has 4 aliphatic heterocycles. The van der Waals surface area contributed by atoms with Gasteiger partial charge in [0.2, 0.25) is 23.8 Å². The van der Waals surface area contributed by atoms with Crippen molar-refractivity contribution >= 4 is 11.0 Å². The average Bonchev–Trinajstić information content (AvgIpc) is 3.31. The van der Waals surface area contributed by atoms with Gasteiger partial charge in [-0.3, -0.25) is 4.79 Å². The van der Waals surface area contributed by atoms with E-state index in [9.17, 15) is 86.5 Å². The van der Waals surface area contributed by atoms with Gasteiger partial charge in [-0.15, -0.1) is 0 Å². The maximum Gasteiger partial charge on any atom is 0.239 e. The summed E-state index contributed by atoms with van der Waals surface area (Å²) in [5.41, 5.74) is -1.60. The largest absolute Gasteiger partial charge is 0.507 e. The topological polar surface area (TPSA) is 437 Å². The number of aromatic hydroxyl groups is 2. The molecule has 0 amide bonds. The van der Waals surface area contributed by atoms with E-state index in [1.165, 1.54) is 19.2 Å². The number of hydrogen-bond acceptors (Lipinski definition) is 27. The number of benzene rings is 2. The van der Waals surface area contributed by atoms with E-state index >= 15 is 0 Å². The molecule has 16 N–H and O–H groups in total. The molecular weight excluding hydrogens is 912 g/mol. The van der Waals surface area contributed by atoms with Crippen LogP contribution in [0.4, 0.5) is 0 Å². The maximum absolute atomic E-state index is 14.3. The summed E-state index contributed by atoms with van der Waals surface area (Å²) in [5, 5.41) is 166. The molecule has 20 atom stereocenters. The summed E-state index contributed by atoms with van der Waals surface area (Å²) in [5.74, 6) is -2.91. The normalized spacial score (nSPS) is 39.3. The summed E-state index contributed by atoms with van der Waals surface area (Å²) in [7, 11) is 1.22. The van der Waals surface area contributed by atoms with Crippen molar-refractivity contribution in [1.82, 2.24) is 0 Å². The number of aliphatic hydroxyl groups is 14. The van der Waals surface area contributed by atoms with Crippen LogP contribution in [0.3, 0.4) is 0 Å². The fourth-order valence-electron chi connectivity index (χ4n) is 7.78. The fraction of sp³-hybridized carbons (Fsp3) is 0.625. The highest BCUT2D eigenvalue weighted by atomic mass is 16.7. The molecule has 3 aromatic rings. The number of phenolic OH excluding ortho intramolecular Hbond substituents is 2. The van der Waals surface area contributed by atoms with Crippen LogP contribution in [0.5, 0.6) is 28.7 Å². The molecule has 7 rings (SSSR count). The van der Waals surface area contributed by atoms with Crippen molar-refractivity contribution in [3.8, 4) is 40.1 Å². The van der Waals surface area contributed by atoms with Crippen LogP contribution < -0.4 is 19.6 Å². The SMILES string of the molecule is COc1cc(-c2oc3cc(O[C@H]4O[C@@H](CO)[C@H](O)[C@H](O)[C@@H]4O)cc(O)c3c(=O)c2O[C@@H]2O[C@@H](CO[C@@H]3O[C@@H](CO[C@@H]4O[C@@H](CO)[C@H](O)[C@H](O)[C@H]4O)[C@H](O)[C@H](O)[C@H]3O)[C@H](O)[C@H](O)[C@@H]2O)ccc1O. The van der Waals surface area contributed by atoms with E-state index < -0.39 is 183 Å². The van der Waals surface area contributed by atoms with Gasteiger partial charge in [-0.1, -0.05) is 0 Å². The smallest absolute Gasteiger partial charge is 0.239 e. The predicted octanol–water partition coefficient (Wildman–Crippen LogP) is -7.11. The number of aliphatic hydroxyl groups excluding tert-OH is 14. The molecule has 0 unspecified atom stereocenters. The lowest BCUT2D eigenvalue weighted by molar-refractivity contribution is -0.339. The minimum absolute atomic E-state index is 0.0385. The van der Waals surface area contributed by atoms with Gasteiger partial charge in [0, 0.05) is 17.7 Å². The zero-order chi connectivity index (χ0) is 48.8. The van der Waals surface area contributed by atoms with Crippen molar-refractivity contribution in [1.29, 1.82) is 0 Å². The summed E-state index contributed by atoms with van der Waals surface area (Å²) < 4.78 is 55.7. The van der Waals surface area contributed by atoms with Gasteiger partial charge in [-0.2, -0.15) is 0 Å². The lowest BCUT2D eigenvalue weighted by Crippen LogP contribution is -2.63. The number of hydrogen-bond donors (Lipinski definition) is 16. The quantitative estimate of drug-likeness (QED) is 0.0714. The Morgan fingerprint density at radius 1 is 0.522 bits per heavy atom. The lowest BCUT2D eigenvalue weighted by Gasteiger charge is -2.43. The van der Waals surface area contributed by atoms with Gasteiger partial charge in [0.1, 0.15) is 120 Å². The molecule has 0 aliphatic carbocycles. The number of ether oxygens (including phenoxy) is 9. The molecule has 0 spiro atoms. The van der Waals surface area contributed by atoms with Gasteiger partial charge in [-0.05, 0) is 18.2 Å². The van der Waals surface area contributed by atoms with Gasteiger partial charge in [0.25, 0.3) is 0 Å². The van der Waals surface area contributed by atoms with E-state index in [1.54, 1.807) is 0 Å². The van der Waals surface area contributed by atoms with E-state index in [0.717, 1.165) is 18.2 Å². The van der Waals surface area contributed by atoms with E-state index in [2.05, 4.69) is 0 Å². The second-order valence-electron chi connectivity index (χ2n) is 16.1. The Morgan fingerprint density at radius 3 is 1.48 bits per heavy atom. The standard InChI is InChI=1S/C40H52O27/c1-58-15-4-11(2-3-13(15)43)35-36(26(49)21-14(44)5-12(6-16(21)62-35)61-39-33(56)28(51)23(46)18(8-42)64-39)67-40-34(57)30(53)25(48)20(66-40)10-60-38-32(55)29(52)24(47)19(65-38)9-59-37-31(54)27(50)22(45)17(7-41)63-37/h2-6,17-20,22-25,27-34,37-48,50-57H,7-10H2,1H3/t17-,18-,19-,20-,22-,23-,24-,25-,27-,28-,29-,30-,31+,32+,33-,34-,37+,38+,39-,40-/m0/s1. The Kier molecular flexibility index (Phi) is 15.8. The molecule has 4 saturated heterocycles. The van der Waals surface area contributed by atoms with Crippen molar-refractivity contribution in [2.75, 3.05) is 33.5 Å².